The zero-order chi connectivity index (χ0) is 10.6. The highest BCUT2D eigenvalue weighted by molar-refractivity contribution is 5.90. The Bertz CT molecular complexity index is 364. The van der Waals surface area contributed by atoms with E-state index in [1.54, 1.807) is 0 Å². The highest BCUT2D eigenvalue weighted by Gasteiger charge is 2.01. The van der Waals surface area contributed by atoms with Gasteiger partial charge >= 0.3 is 5.97 Å². The van der Waals surface area contributed by atoms with E-state index in [9.17, 15) is 4.79 Å². The summed E-state index contributed by atoms with van der Waals surface area (Å²) >= 11 is 0. The number of aliphatic carboxylic acids is 1. The van der Waals surface area contributed by atoms with E-state index in [1.165, 1.54) is 6.08 Å². The molecule has 0 saturated carbocycles. The van der Waals surface area contributed by atoms with E-state index in [4.69, 9.17) is 5.11 Å². The number of hydrogen-bond acceptors (Lipinski definition) is 1. The van der Waals surface area contributed by atoms with Crippen molar-refractivity contribution >= 4 is 11.5 Å². The molecule has 2 nitrogen and oxygen atoms in total. The number of carboxylic acid groups (broad SMARTS) is 1. The molecule has 1 aromatic carbocycles. The molecule has 0 aliphatic heterocycles. The van der Waals surface area contributed by atoms with Gasteiger partial charge < -0.3 is 5.11 Å². The molecule has 0 fully saturated rings. The number of benzene rings is 1. The van der Waals surface area contributed by atoms with Gasteiger partial charge in [-0.15, -0.1) is 0 Å². The maximum absolute atomic E-state index is 10.6. The van der Waals surface area contributed by atoms with Crippen molar-refractivity contribution in [1.82, 2.24) is 0 Å². The Kier molecular flexibility index (Phi) is 3.46. The van der Waals surface area contributed by atoms with Crippen molar-refractivity contribution in [2.75, 3.05) is 0 Å². The normalized spacial score (nSPS) is 11.4. The van der Waals surface area contributed by atoms with Crippen molar-refractivity contribution in [1.29, 1.82) is 0 Å². The fraction of sp³-hybridized carbons (Fsp3) is 0.250. The van der Waals surface area contributed by atoms with Gasteiger partial charge in [0.25, 0.3) is 0 Å². The summed E-state index contributed by atoms with van der Waals surface area (Å²) in [6, 6.07) is 7.87. The lowest BCUT2D eigenvalue weighted by atomic mass is 10.0. The highest BCUT2D eigenvalue weighted by Crippen LogP contribution is 2.18. The van der Waals surface area contributed by atoms with Crippen LogP contribution in [0, 0.1) is 6.92 Å². The summed E-state index contributed by atoms with van der Waals surface area (Å²) < 4.78 is 0. The first kappa shape index (κ1) is 10.5. The van der Waals surface area contributed by atoms with Crippen LogP contribution in [0.25, 0.3) is 5.57 Å². The fourth-order valence-corrected chi connectivity index (χ4v) is 1.38. The first-order valence-corrected chi connectivity index (χ1v) is 4.64. The Labute approximate surface area is 83.9 Å². The van der Waals surface area contributed by atoms with Crippen molar-refractivity contribution in [3.63, 3.8) is 0 Å². The van der Waals surface area contributed by atoms with Crippen LogP contribution in [0.2, 0.25) is 0 Å². The van der Waals surface area contributed by atoms with Gasteiger partial charge in [-0.05, 0) is 24.5 Å². The van der Waals surface area contributed by atoms with Crippen LogP contribution in [0.3, 0.4) is 0 Å². The molecular formula is C12H14O2. The third-order valence-electron chi connectivity index (χ3n) is 2.07. The zero-order valence-corrected chi connectivity index (χ0v) is 8.45. The Morgan fingerprint density at radius 2 is 2.21 bits per heavy atom. The second kappa shape index (κ2) is 4.61. The lowest BCUT2D eigenvalue weighted by molar-refractivity contribution is -0.131. The fourth-order valence-electron chi connectivity index (χ4n) is 1.38. The Morgan fingerprint density at radius 3 is 2.71 bits per heavy atom. The molecule has 0 heterocycles. The van der Waals surface area contributed by atoms with Crippen molar-refractivity contribution < 1.29 is 9.90 Å². The second-order valence-corrected chi connectivity index (χ2v) is 3.23. The monoisotopic (exact) mass is 190 g/mol. The van der Waals surface area contributed by atoms with Crippen LogP contribution in [0.15, 0.2) is 30.3 Å². The number of rotatable bonds is 3. The molecule has 0 spiro atoms. The summed E-state index contributed by atoms with van der Waals surface area (Å²) in [5.41, 5.74) is 3.00. The number of aryl methyl sites for hydroxylation is 1. The molecule has 0 aliphatic carbocycles. The molecule has 0 atom stereocenters. The third kappa shape index (κ3) is 2.73. The molecule has 0 radical (unpaired) electrons. The molecule has 74 valence electrons. The predicted octanol–water partition coefficient (Wildman–Crippen LogP) is 2.87. The number of hydrogen-bond donors (Lipinski definition) is 1. The van der Waals surface area contributed by atoms with Gasteiger partial charge in [-0.2, -0.15) is 0 Å². The van der Waals surface area contributed by atoms with Gasteiger partial charge in [0.05, 0.1) is 0 Å². The maximum Gasteiger partial charge on any atom is 0.328 e. The molecule has 0 amide bonds. The smallest absolute Gasteiger partial charge is 0.328 e. The SMILES string of the molecule is CCC(=CC(=O)O)c1cccc(C)c1. The van der Waals surface area contributed by atoms with Crippen molar-refractivity contribution in [3.8, 4) is 0 Å². The van der Waals surface area contributed by atoms with Crippen LogP contribution >= 0.6 is 0 Å². The van der Waals surface area contributed by atoms with Gasteiger partial charge in [-0.1, -0.05) is 36.8 Å². The van der Waals surface area contributed by atoms with Gasteiger partial charge in [0, 0.05) is 6.08 Å². The molecule has 1 N–H and O–H groups in total. The highest BCUT2D eigenvalue weighted by atomic mass is 16.4. The van der Waals surface area contributed by atoms with Gasteiger partial charge in [0.15, 0.2) is 0 Å². The number of carboxylic acids is 1. The lowest BCUT2D eigenvalue weighted by Gasteiger charge is -2.04. The van der Waals surface area contributed by atoms with Crippen LogP contribution in [0.1, 0.15) is 24.5 Å². The first-order valence-electron chi connectivity index (χ1n) is 4.64. The summed E-state index contributed by atoms with van der Waals surface area (Å²) in [5.74, 6) is -0.886. The molecule has 1 rings (SSSR count). The van der Waals surface area contributed by atoms with E-state index in [0.717, 1.165) is 23.1 Å². The largest absolute Gasteiger partial charge is 0.478 e. The first-order chi connectivity index (χ1) is 6.63. The van der Waals surface area contributed by atoms with Gasteiger partial charge in [-0.3, -0.25) is 0 Å². The predicted molar refractivity (Wildman–Crippen MR) is 57.1 cm³/mol. The third-order valence-corrected chi connectivity index (χ3v) is 2.07. The maximum atomic E-state index is 10.6. The standard InChI is InChI=1S/C12H14O2/c1-3-10(8-12(13)14)11-6-4-5-9(2)7-11/h4-8H,3H2,1-2H3,(H,13,14). The topological polar surface area (TPSA) is 37.3 Å². The van der Waals surface area contributed by atoms with Gasteiger partial charge in [0.2, 0.25) is 0 Å². The zero-order valence-electron chi connectivity index (χ0n) is 8.45. The molecule has 0 saturated heterocycles. The minimum Gasteiger partial charge on any atom is -0.478 e. The Balaban J connectivity index is 3.07. The summed E-state index contributed by atoms with van der Waals surface area (Å²) in [7, 11) is 0. The molecule has 0 aromatic heterocycles. The number of allylic oxidation sites excluding steroid dienone is 1. The van der Waals surface area contributed by atoms with Crippen LogP contribution in [-0.4, -0.2) is 11.1 Å². The average Bonchev–Trinajstić information content (AvgIpc) is 2.14. The summed E-state index contributed by atoms with van der Waals surface area (Å²) in [6.45, 7) is 3.95. The van der Waals surface area contributed by atoms with Gasteiger partial charge in [-0.25, -0.2) is 4.79 Å². The molecule has 1 aromatic rings. The molecule has 0 aliphatic rings. The van der Waals surface area contributed by atoms with E-state index in [2.05, 4.69) is 0 Å². The Morgan fingerprint density at radius 1 is 1.50 bits per heavy atom. The van der Waals surface area contributed by atoms with Crippen LogP contribution in [-0.2, 0) is 4.79 Å². The minimum atomic E-state index is -0.886. The van der Waals surface area contributed by atoms with Crippen LogP contribution in [0.4, 0.5) is 0 Å². The van der Waals surface area contributed by atoms with Crippen LogP contribution < -0.4 is 0 Å². The quantitative estimate of drug-likeness (QED) is 0.744. The second-order valence-electron chi connectivity index (χ2n) is 3.23. The number of carbonyl (C=O) groups is 1. The summed E-state index contributed by atoms with van der Waals surface area (Å²) in [6.07, 6.45) is 2.00. The van der Waals surface area contributed by atoms with E-state index in [-0.39, 0.29) is 0 Å². The summed E-state index contributed by atoms with van der Waals surface area (Å²) in [5, 5.41) is 8.67. The van der Waals surface area contributed by atoms with Crippen molar-refractivity contribution in [3.05, 3.63) is 41.5 Å². The molecular weight excluding hydrogens is 176 g/mol. The van der Waals surface area contributed by atoms with E-state index in [1.807, 2.05) is 38.1 Å². The minimum absolute atomic E-state index is 0.732. The van der Waals surface area contributed by atoms with Gasteiger partial charge in [0.1, 0.15) is 0 Å². The van der Waals surface area contributed by atoms with Crippen molar-refractivity contribution in [2.24, 2.45) is 0 Å². The summed E-state index contributed by atoms with van der Waals surface area (Å²) in [4.78, 5) is 10.6. The molecule has 14 heavy (non-hydrogen) atoms. The Hall–Kier alpha value is -1.57. The van der Waals surface area contributed by atoms with E-state index >= 15 is 0 Å². The van der Waals surface area contributed by atoms with Crippen LogP contribution in [0.5, 0.6) is 0 Å². The van der Waals surface area contributed by atoms with E-state index < -0.39 is 5.97 Å². The lowest BCUT2D eigenvalue weighted by Crippen LogP contribution is -1.92. The average molecular weight is 190 g/mol. The van der Waals surface area contributed by atoms with Crippen molar-refractivity contribution in [2.45, 2.75) is 20.3 Å². The molecule has 0 bridgehead atoms. The molecule has 2 heteroatoms. The molecule has 0 unspecified atom stereocenters. The van der Waals surface area contributed by atoms with E-state index in [0.29, 0.717) is 0 Å².